The van der Waals surface area contributed by atoms with Crippen LogP contribution < -0.4 is 16.0 Å². The number of carbonyl (C=O) groups is 2. The molecule has 0 aliphatic heterocycles. The summed E-state index contributed by atoms with van der Waals surface area (Å²) in [6, 6.07) is 0.0366. The van der Waals surface area contributed by atoms with E-state index in [1.807, 2.05) is 6.92 Å². The van der Waals surface area contributed by atoms with Gasteiger partial charge in [-0.1, -0.05) is 49.3 Å². The Bertz CT molecular complexity index is 517. The molecular weight excluding hydrogens is 334 g/mol. The van der Waals surface area contributed by atoms with Crippen LogP contribution in [0, 0.1) is 0 Å². The summed E-state index contributed by atoms with van der Waals surface area (Å²) in [6.07, 6.45) is 7.03. The van der Waals surface area contributed by atoms with E-state index < -0.39 is 6.03 Å². The Morgan fingerprint density at radius 1 is 1.26 bits per heavy atom. The predicted octanol–water partition coefficient (Wildman–Crippen LogP) is 2.61. The SMILES string of the molecule is CCCNC(=O)NC(=O)CSc1nnc(NC2CCCCC2)s1. The van der Waals surface area contributed by atoms with E-state index in [4.69, 9.17) is 0 Å². The van der Waals surface area contributed by atoms with Crippen molar-refractivity contribution < 1.29 is 9.59 Å². The zero-order valence-electron chi connectivity index (χ0n) is 13.3. The maximum absolute atomic E-state index is 11.7. The fraction of sp³-hybridized carbons (Fsp3) is 0.714. The van der Waals surface area contributed by atoms with Crippen molar-refractivity contribution in [2.75, 3.05) is 17.6 Å². The molecule has 0 atom stereocenters. The van der Waals surface area contributed by atoms with Crippen molar-refractivity contribution in [3.63, 3.8) is 0 Å². The van der Waals surface area contributed by atoms with Crippen LogP contribution in [0.4, 0.5) is 9.93 Å². The van der Waals surface area contributed by atoms with Gasteiger partial charge in [0.2, 0.25) is 11.0 Å². The molecule has 23 heavy (non-hydrogen) atoms. The first kappa shape index (κ1) is 18.0. The molecule has 9 heteroatoms. The second kappa shape index (κ2) is 9.71. The molecule has 1 aliphatic rings. The van der Waals surface area contributed by atoms with Gasteiger partial charge in [-0.05, 0) is 19.3 Å². The number of urea groups is 1. The molecule has 3 N–H and O–H groups in total. The van der Waals surface area contributed by atoms with Crippen LogP contribution in [0.2, 0.25) is 0 Å². The molecular formula is C14H23N5O2S2. The molecule has 0 saturated heterocycles. The van der Waals surface area contributed by atoms with Crippen molar-refractivity contribution in [1.82, 2.24) is 20.8 Å². The van der Waals surface area contributed by atoms with E-state index in [1.54, 1.807) is 0 Å². The summed E-state index contributed by atoms with van der Waals surface area (Å²) >= 11 is 2.74. The number of rotatable bonds is 7. The van der Waals surface area contributed by atoms with Crippen LogP contribution in [0.3, 0.4) is 0 Å². The monoisotopic (exact) mass is 357 g/mol. The molecule has 2 rings (SSSR count). The third-order valence-corrected chi connectivity index (χ3v) is 5.44. The van der Waals surface area contributed by atoms with Gasteiger partial charge in [-0.25, -0.2) is 4.79 Å². The summed E-state index contributed by atoms with van der Waals surface area (Å²) in [7, 11) is 0. The first-order valence-corrected chi connectivity index (χ1v) is 9.78. The number of carbonyl (C=O) groups excluding carboxylic acids is 2. The molecule has 1 aromatic rings. The predicted molar refractivity (Wildman–Crippen MR) is 93.0 cm³/mol. The van der Waals surface area contributed by atoms with Crippen molar-refractivity contribution in [2.24, 2.45) is 0 Å². The average molecular weight is 358 g/mol. The largest absolute Gasteiger partial charge is 0.357 e. The van der Waals surface area contributed by atoms with E-state index in [0.29, 0.717) is 12.6 Å². The summed E-state index contributed by atoms with van der Waals surface area (Å²) in [5, 5.41) is 17.3. The Balaban J connectivity index is 1.69. The number of thioether (sulfide) groups is 1. The summed E-state index contributed by atoms with van der Waals surface area (Å²) < 4.78 is 0.729. The highest BCUT2D eigenvalue weighted by atomic mass is 32.2. The van der Waals surface area contributed by atoms with Gasteiger partial charge in [-0.15, -0.1) is 10.2 Å². The number of anilines is 1. The number of hydrogen-bond acceptors (Lipinski definition) is 7. The molecule has 1 heterocycles. The van der Waals surface area contributed by atoms with Crippen molar-refractivity contribution in [3.05, 3.63) is 0 Å². The highest BCUT2D eigenvalue weighted by Crippen LogP contribution is 2.28. The van der Waals surface area contributed by atoms with Gasteiger partial charge in [0.1, 0.15) is 0 Å². The minimum Gasteiger partial charge on any atom is -0.357 e. The third-order valence-electron chi connectivity index (χ3n) is 3.45. The van der Waals surface area contributed by atoms with Crippen LogP contribution in [-0.2, 0) is 4.79 Å². The summed E-state index contributed by atoms with van der Waals surface area (Å²) in [4.78, 5) is 23.0. The Labute approximate surface area is 144 Å². The standard InChI is InChI=1S/C14H23N5O2S2/c1-2-8-15-12(21)17-11(20)9-22-14-19-18-13(23-14)16-10-6-4-3-5-7-10/h10H,2-9H2,1H3,(H,16,18)(H2,15,17,20,21). The lowest BCUT2D eigenvalue weighted by molar-refractivity contribution is -0.117. The van der Waals surface area contributed by atoms with Gasteiger partial charge in [0, 0.05) is 12.6 Å². The Kier molecular flexibility index (Phi) is 7.60. The van der Waals surface area contributed by atoms with Crippen LogP contribution in [-0.4, -0.2) is 40.5 Å². The summed E-state index contributed by atoms with van der Waals surface area (Å²) in [5.41, 5.74) is 0. The summed E-state index contributed by atoms with van der Waals surface area (Å²) in [6.45, 7) is 2.51. The fourth-order valence-corrected chi connectivity index (χ4v) is 3.95. The van der Waals surface area contributed by atoms with Gasteiger partial charge in [-0.2, -0.15) is 0 Å². The summed E-state index contributed by atoms with van der Waals surface area (Å²) in [5.74, 6) is -0.182. The number of amides is 3. The number of aromatic nitrogens is 2. The van der Waals surface area contributed by atoms with Crippen molar-refractivity contribution in [1.29, 1.82) is 0 Å². The van der Waals surface area contributed by atoms with Crippen molar-refractivity contribution in [3.8, 4) is 0 Å². The van der Waals surface area contributed by atoms with E-state index in [1.165, 1.54) is 55.2 Å². The molecule has 0 aromatic carbocycles. The maximum Gasteiger partial charge on any atom is 0.321 e. The van der Waals surface area contributed by atoms with Crippen molar-refractivity contribution >= 4 is 40.2 Å². The highest BCUT2D eigenvalue weighted by molar-refractivity contribution is 8.01. The van der Waals surface area contributed by atoms with Crippen LogP contribution in [0.15, 0.2) is 4.34 Å². The van der Waals surface area contributed by atoms with Crippen molar-refractivity contribution in [2.45, 2.75) is 55.8 Å². The van der Waals surface area contributed by atoms with Gasteiger partial charge < -0.3 is 10.6 Å². The van der Waals surface area contributed by atoms with Crippen LogP contribution in [0.25, 0.3) is 0 Å². The van der Waals surface area contributed by atoms with E-state index in [2.05, 4.69) is 26.1 Å². The number of nitrogens with zero attached hydrogens (tertiary/aromatic N) is 2. The number of imide groups is 1. The molecule has 7 nitrogen and oxygen atoms in total. The van der Waals surface area contributed by atoms with Crippen LogP contribution in [0.5, 0.6) is 0 Å². The Morgan fingerprint density at radius 3 is 2.78 bits per heavy atom. The molecule has 0 radical (unpaired) electrons. The van der Waals surface area contributed by atoms with Gasteiger partial charge in [0.15, 0.2) is 4.34 Å². The van der Waals surface area contributed by atoms with E-state index in [0.717, 1.165) is 15.9 Å². The lowest BCUT2D eigenvalue weighted by Crippen LogP contribution is -2.40. The third kappa shape index (κ3) is 6.74. The zero-order chi connectivity index (χ0) is 16.5. The molecule has 1 aromatic heterocycles. The van der Waals surface area contributed by atoms with Gasteiger partial charge in [-0.3, -0.25) is 10.1 Å². The number of nitrogens with one attached hydrogen (secondary N) is 3. The smallest absolute Gasteiger partial charge is 0.321 e. The molecule has 1 fully saturated rings. The fourth-order valence-electron chi connectivity index (χ4n) is 2.32. The molecule has 0 spiro atoms. The first-order chi connectivity index (χ1) is 11.2. The topological polar surface area (TPSA) is 96.0 Å². The molecule has 1 saturated carbocycles. The van der Waals surface area contributed by atoms with Gasteiger partial charge in [0.25, 0.3) is 0 Å². The van der Waals surface area contributed by atoms with Gasteiger partial charge >= 0.3 is 6.03 Å². The van der Waals surface area contributed by atoms with E-state index in [-0.39, 0.29) is 11.7 Å². The highest BCUT2D eigenvalue weighted by Gasteiger charge is 2.16. The lowest BCUT2D eigenvalue weighted by atomic mass is 9.96. The zero-order valence-corrected chi connectivity index (χ0v) is 14.9. The van der Waals surface area contributed by atoms with Gasteiger partial charge in [0.05, 0.1) is 5.75 Å². The van der Waals surface area contributed by atoms with E-state index in [9.17, 15) is 9.59 Å². The minimum atomic E-state index is -0.450. The van der Waals surface area contributed by atoms with Crippen LogP contribution in [0.1, 0.15) is 45.4 Å². The average Bonchev–Trinajstić information content (AvgIpc) is 2.99. The number of hydrogen-bond donors (Lipinski definition) is 3. The minimum absolute atomic E-state index is 0.150. The lowest BCUT2D eigenvalue weighted by Gasteiger charge is -2.21. The first-order valence-electron chi connectivity index (χ1n) is 7.98. The van der Waals surface area contributed by atoms with E-state index >= 15 is 0 Å². The normalized spacial score (nSPS) is 15.2. The Morgan fingerprint density at radius 2 is 2.04 bits per heavy atom. The molecule has 0 unspecified atom stereocenters. The quantitative estimate of drug-likeness (QED) is 0.649. The van der Waals surface area contributed by atoms with Crippen LogP contribution >= 0.6 is 23.1 Å². The Hall–Kier alpha value is -1.35. The second-order valence-electron chi connectivity index (χ2n) is 5.45. The molecule has 128 valence electrons. The second-order valence-corrected chi connectivity index (χ2v) is 7.65. The molecule has 0 bridgehead atoms. The molecule has 1 aliphatic carbocycles. The maximum atomic E-state index is 11.7. The molecule has 3 amide bonds.